The van der Waals surface area contributed by atoms with Crippen LogP contribution in [-0.4, -0.2) is 67.2 Å². The van der Waals surface area contributed by atoms with Crippen LogP contribution in [0.1, 0.15) is 41.0 Å². The number of hydrogen-bond donors (Lipinski definition) is 1. The summed E-state index contributed by atoms with van der Waals surface area (Å²) in [6, 6.07) is 3.78. The third-order valence-corrected chi connectivity index (χ3v) is 6.60. The Hall–Kier alpha value is -2.42. The molecule has 27 heavy (non-hydrogen) atoms. The minimum atomic E-state index is -3.09. The maximum Gasteiger partial charge on any atom is 0.321 e. The molecule has 0 aromatic heterocycles. The van der Waals surface area contributed by atoms with Gasteiger partial charge < -0.3 is 10.2 Å². The summed E-state index contributed by atoms with van der Waals surface area (Å²) in [5.41, 5.74) is 0.984. The van der Waals surface area contributed by atoms with E-state index in [4.69, 9.17) is 0 Å². The van der Waals surface area contributed by atoms with Crippen LogP contribution in [0.3, 0.4) is 0 Å². The summed E-state index contributed by atoms with van der Waals surface area (Å²) >= 11 is 0. The molecular formula is C18H23N3O5S. The van der Waals surface area contributed by atoms with Gasteiger partial charge in [-0.1, -0.05) is 13.8 Å². The van der Waals surface area contributed by atoms with Crippen molar-refractivity contribution in [2.45, 2.75) is 26.3 Å². The highest BCUT2D eigenvalue weighted by atomic mass is 32.2. The smallest absolute Gasteiger partial charge is 0.321 e. The fourth-order valence-corrected chi connectivity index (χ4v) is 5.13. The van der Waals surface area contributed by atoms with Gasteiger partial charge in [0.2, 0.25) is 0 Å². The minimum absolute atomic E-state index is 0.0434. The van der Waals surface area contributed by atoms with E-state index >= 15 is 0 Å². The number of hydrogen-bond acceptors (Lipinski definition) is 5. The Morgan fingerprint density at radius 2 is 1.93 bits per heavy atom. The first-order valence-electron chi connectivity index (χ1n) is 8.83. The number of urea groups is 1. The molecule has 2 aliphatic heterocycles. The van der Waals surface area contributed by atoms with Gasteiger partial charge in [-0.2, -0.15) is 0 Å². The van der Waals surface area contributed by atoms with Gasteiger partial charge in [-0.15, -0.1) is 0 Å². The number of benzene rings is 1. The molecule has 0 saturated carbocycles. The molecule has 146 valence electrons. The van der Waals surface area contributed by atoms with Crippen LogP contribution in [0.2, 0.25) is 0 Å². The average molecular weight is 393 g/mol. The molecule has 3 rings (SSSR count). The zero-order chi connectivity index (χ0) is 19.9. The largest absolute Gasteiger partial charge is 0.324 e. The van der Waals surface area contributed by atoms with Crippen molar-refractivity contribution >= 4 is 33.4 Å². The fourth-order valence-electron chi connectivity index (χ4n) is 3.36. The highest BCUT2D eigenvalue weighted by molar-refractivity contribution is 7.91. The van der Waals surface area contributed by atoms with Crippen LogP contribution in [0, 0.1) is 5.92 Å². The van der Waals surface area contributed by atoms with Crippen LogP contribution in [0.4, 0.5) is 10.5 Å². The van der Waals surface area contributed by atoms with Crippen molar-refractivity contribution in [3.05, 3.63) is 29.3 Å². The number of amides is 4. The Morgan fingerprint density at radius 3 is 2.52 bits per heavy atom. The third-order valence-electron chi connectivity index (χ3n) is 4.85. The van der Waals surface area contributed by atoms with Gasteiger partial charge in [0.25, 0.3) is 11.8 Å². The second-order valence-corrected chi connectivity index (χ2v) is 9.70. The lowest BCUT2D eigenvalue weighted by molar-refractivity contribution is 0.0636. The Kier molecular flexibility index (Phi) is 4.98. The summed E-state index contributed by atoms with van der Waals surface area (Å²) in [6.07, 6.45) is 0.410. The van der Waals surface area contributed by atoms with Crippen molar-refractivity contribution in [2.24, 2.45) is 5.92 Å². The zero-order valence-electron chi connectivity index (χ0n) is 15.6. The van der Waals surface area contributed by atoms with E-state index in [0.29, 0.717) is 24.2 Å². The van der Waals surface area contributed by atoms with Gasteiger partial charge in [-0.25, -0.2) is 13.2 Å². The van der Waals surface area contributed by atoms with E-state index in [2.05, 4.69) is 5.32 Å². The van der Waals surface area contributed by atoms with Crippen LogP contribution >= 0.6 is 0 Å². The number of sulfone groups is 1. The molecule has 1 saturated heterocycles. The van der Waals surface area contributed by atoms with Crippen molar-refractivity contribution in [3.8, 4) is 0 Å². The molecule has 2 heterocycles. The molecule has 0 aliphatic carbocycles. The second-order valence-electron chi connectivity index (χ2n) is 7.47. The maximum atomic E-state index is 12.5. The molecule has 0 radical (unpaired) electrons. The Labute approximate surface area is 158 Å². The SMILES string of the molecule is CC(C)CN1C(=O)c2ccc(NC(=O)N(C)C3CCS(=O)(=O)C3)cc2C1=O. The molecule has 2 aliphatic rings. The number of nitrogens with zero attached hydrogens (tertiary/aromatic N) is 2. The first-order valence-corrected chi connectivity index (χ1v) is 10.7. The van der Waals surface area contributed by atoms with Gasteiger partial charge in [0.15, 0.2) is 9.84 Å². The number of imide groups is 1. The molecule has 1 atom stereocenters. The van der Waals surface area contributed by atoms with E-state index in [0.717, 1.165) is 0 Å². The molecule has 8 nitrogen and oxygen atoms in total. The van der Waals surface area contributed by atoms with E-state index in [9.17, 15) is 22.8 Å². The highest BCUT2D eigenvalue weighted by Gasteiger charge is 2.36. The predicted octanol–water partition coefficient (Wildman–Crippen LogP) is 1.59. The van der Waals surface area contributed by atoms with Gasteiger partial charge in [-0.05, 0) is 30.5 Å². The van der Waals surface area contributed by atoms with Crippen molar-refractivity contribution < 1.29 is 22.8 Å². The van der Waals surface area contributed by atoms with Crippen LogP contribution < -0.4 is 5.32 Å². The lowest BCUT2D eigenvalue weighted by Gasteiger charge is -2.23. The molecule has 1 aromatic rings. The number of nitrogens with one attached hydrogen (secondary N) is 1. The molecule has 1 fully saturated rings. The fraction of sp³-hybridized carbons (Fsp3) is 0.500. The number of rotatable bonds is 4. The lowest BCUT2D eigenvalue weighted by atomic mass is 10.1. The summed E-state index contributed by atoms with van der Waals surface area (Å²) in [5.74, 6) is -0.498. The number of anilines is 1. The molecule has 4 amide bonds. The van der Waals surface area contributed by atoms with Gasteiger partial charge in [0.05, 0.1) is 22.6 Å². The molecular weight excluding hydrogens is 370 g/mol. The van der Waals surface area contributed by atoms with Crippen molar-refractivity contribution in [2.75, 3.05) is 30.4 Å². The minimum Gasteiger partial charge on any atom is -0.324 e. The van der Waals surface area contributed by atoms with Crippen molar-refractivity contribution in [1.82, 2.24) is 9.80 Å². The first kappa shape index (κ1) is 19.3. The Balaban J connectivity index is 1.73. The molecule has 0 spiro atoms. The summed E-state index contributed by atoms with van der Waals surface area (Å²) in [5, 5.41) is 2.68. The maximum absolute atomic E-state index is 12.5. The molecule has 9 heteroatoms. The summed E-state index contributed by atoms with van der Waals surface area (Å²) in [4.78, 5) is 39.9. The normalized spacial score (nSPS) is 20.9. The molecule has 0 bridgehead atoms. The lowest BCUT2D eigenvalue weighted by Crippen LogP contribution is -2.40. The van der Waals surface area contributed by atoms with E-state index in [1.165, 1.54) is 21.9 Å². The highest BCUT2D eigenvalue weighted by Crippen LogP contribution is 2.27. The van der Waals surface area contributed by atoms with Crippen LogP contribution in [0.15, 0.2) is 18.2 Å². The second kappa shape index (κ2) is 6.95. The Bertz CT molecular complexity index is 910. The molecule has 1 N–H and O–H groups in total. The van der Waals surface area contributed by atoms with Gasteiger partial charge in [0, 0.05) is 25.3 Å². The average Bonchev–Trinajstić information content (AvgIpc) is 3.06. The predicted molar refractivity (Wildman–Crippen MR) is 100 cm³/mol. The van der Waals surface area contributed by atoms with Gasteiger partial charge in [-0.3, -0.25) is 14.5 Å². The number of fused-ring (bicyclic) bond motifs is 1. The summed E-state index contributed by atoms with van der Waals surface area (Å²) in [7, 11) is -1.54. The van der Waals surface area contributed by atoms with Gasteiger partial charge in [0.1, 0.15) is 0 Å². The zero-order valence-corrected chi connectivity index (χ0v) is 16.4. The van der Waals surface area contributed by atoms with Crippen LogP contribution in [0.25, 0.3) is 0 Å². The van der Waals surface area contributed by atoms with E-state index in [1.54, 1.807) is 13.1 Å². The molecule has 1 aromatic carbocycles. The molecule has 1 unspecified atom stereocenters. The van der Waals surface area contributed by atoms with Gasteiger partial charge >= 0.3 is 6.03 Å². The van der Waals surface area contributed by atoms with Crippen LogP contribution in [0.5, 0.6) is 0 Å². The summed E-state index contributed by atoms with van der Waals surface area (Å²) < 4.78 is 23.2. The van der Waals surface area contributed by atoms with E-state index < -0.39 is 15.9 Å². The van der Waals surface area contributed by atoms with Crippen molar-refractivity contribution in [1.29, 1.82) is 0 Å². The third kappa shape index (κ3) is 3.83. The quantitative estimate of drug-likeness (QED) is 0.783. The van der Waals surface area contributed by atoms with E-state index in [-0.39, 0.29) is 40.8 Å². The monoisotopic (exact) mass is 393 g/mol. The number of carbonyl (C=O) groups is 3. The Morgan fingerprint density at radius 1 is 1.26 bits per heavy atom. The summed E-state index contributed by atoms with van der Waals surface area (Å²) in [6.45, 7) is 4.19. The standard InChI is InChI=1S/C18H23N3O5S/c1-11(2)9-21-16(22)14-5-4-12(8-15(14)17(21)23)19-18(24)20(3)13-6-7-27(25,26)10-13/h4-5,8,11,13H,6-7,9-10H2,1-3H3,(H,19,24). The van der Waals surface area contributed by atoms with Crippen LogP contribution in [-0.2, 0) is 9.84 Å². The van der Waals surface area contributed by atoms with Crippen molar-refractivity contribution in [3.63, 3.8) is 0 Å². The first-order chi connectivity index (χ1) is 12.6. The topological polar surface area (TPSA) is 104 Å². The van der Waals surface area contributed by atoms with E-state index in [1.807, 2.05) is 13.8 Å². The number of carbonyl (C=O) groups excluding carboxylic acids is 3.